The Morgan fingerprint density at radius 2 is 1.75 bits per heavy atom. The van der Waals surface area contributed by atoms with Crippen molar-refractivity contribution in [2.24, 2.45) is 0 Å². The molecule has 0 unspecified atom stereocenters. The van der Waals surface area contributed by atoms with E-state index in [0.717, 1.165) is 18.4 Å². The van der Waals surface area contributed by atoms with Crippen LogP contribution in [-0.4, -0.2) is 37.3 Å². The number of hydrogen-bond acceptors (Lipinski definition) is 4. The van der Waals surface area contributed by atoms with Crippen LogP contribution in [0.15, 0.2) is 58.5 Å². The Kier molecular flexibility index (Phi) is 4.85. The van der Waals surface area contributed by atoms with Crippen molar-refractivity contribution in [2.45, 2.75) is 29.6 Å². The van der Waals surface area contributed by atoms with Crippen LogP contribution in [0.3, 0.4) is 0 Å². The zero-order valence-corrected chi connectivity index (χ0v) is 16.9. The number of nitrogens with zero attached hydrogens (tertiary/aromatic N) is 2. The normalized spacial score (nSPS) is 14.6. The number of carbonyl (C=O) groups excluding carboxylic acids is 1. The highest BCUT2D eigenvalue weighted by Gasteiger charge is 2.31. The Labute approximate surface area is 168 Å². The predicted molar refractivity (Wildman–Crippen MR) is 109 cm³/mol. The quantitative estimate of drug-likeness (QED) is 0.642. The Morgan fingerprint density at radius 1 is 1.07 bits per heavy atom. The maximum Gasteiger partial charge on any atom is 0.256 e. The van der Waals surface area contributed by atoms with Crippen LogP contribution >= 0.6 is 11.6 Å². The summed E-state index contributed by atoms with van der Waals surface area (Å²) in [6.07, 6.45) is 3.20. The summed E-state index contributed by atoms with van der Waals surface area (Å²) in [5, 5.41) is 0.749. The number of benzene rings is 2. The average molecular weight is 415 g/mol. The summed E-state index contributed by atoms with van der Waals surface area (Å²) in [5.74, 6) is -0.308. The van der Waals surface area contributed by atoms with Gasteiger partial charge in [-0.3, -0.25) is 9.78 Å². The number of aromatic nitrogens is 1. The van der Waals surface area contributed by atoms with Gasteiger partial charge in [0.15, 0.2) is 0 Å². The number of amides is 1. The molecule has 144 valence electrons. The molecule has 2 aromatic carbocycles. The molecule has 0 radical (unpaired) electrons. The molecule has 1 aliphatic heterocycles. The third-order valence-electron chi connectivity index (χ3n) is 5.00. The van der Waals surface area contributed by atoms with E-state index < -0.39 is 9.84 Å². The van der Waals surface area contributed by atoms with Gasteiger partial charge in [0.1, 0.15) is 0 Å². The minimum absolute atomic E-state index is 0.0271. The van der Waals surface area contributed by atoms with E-state index >= 15 is 0 Å². The van der Waals surface area contributed by atoms with E-state index in [1.54, 1.807) is 47.4 Å². The number of sulfone groups is 1. The number of carbonyl (C=O) groups is 1. The van der Waals surface area contributed by atoms with Crippen LogP contribution in [0.5, 0.6) is 0 Å². The van der Waals surface area contributed by atoms with Gasteiger partial charge >= 0.3 is 0 Å². The maximum atomic E-state index is 13.6. The number of likely N-dealkylation sites (tertiary alicyclic amines) is 1. The number of halogens is 1. The van der Waals surface area contributed by atoms with E-state index in [-0.39, 0.29) is 21.3 Å². The summed E-state index contributed by atoms with van der Waals surface area (Å²) in [5.41, 5.74) is 1.53. The van der Waals surface area contributed by atoms with E-state index in [0.29, 0.717) is 29.0 Å². The molecule has 0 bridgehead atoms. The second kappa shape index (κ2) is 7.18. The first kappa shape index (κ1) is 18.9. The molecule has 1 saturated heterocycles. The third-order valence-corrected chi connectivity index (χ3v) is 7.11. The van der Waals surface area contributed by atoms with E-state index in [2.05, 4.69) is 4.98 Å². The molecule has 1 amide bonds. The zero-order chi connectivity index (χ0) is 19.9. The van der Waals surface area contributed by atoms with Crippen LogP contribution < -0.4 is 0 Å². The monoisotopic (exact) mass is 414 g/mol. The molecule has 5 nitrogen and oxygen atoms in total. The summed E-state index contributed by atoms with van der Waals surface area (Å²) in [6.45, 7) is 3.13. The molecule has 0 aliphatic carbocycles. The number of aryl methyl sites for hydroxylation is 1. The first-order valence-corrected chi connectivity index (χ1v) is 10.9. The van der Waals surface area contributed by atoms with Gasteiger partial charge in [0.25, 0.3) is 5.91 Å². The van der Waals surface area contributed by atoms with Gasteiger partial charge in [0, 0.05) is 29.7 Å². The van der Waals surface area contributed by atoms with Crippen LogP contribution in [0.25, 0.3) is 10.9 Å². The van der Waals surface area contributed by atoms with Crippen molar-refractivity contribution in [3.63, 3.8) is 0 Å². The fourth-order valence-corrected chi connectivity index (χ4v) is 5.29. The third kappa shape index (κ3) is 3.27. The second-order valence-electron chi connectivity index (χ2n) is 6.98. The smallest absolute Gasteiger partial charge is 0.256 e. The van der Waals surface area contributed by atoms with Gasteiger partial charge in [-0.1, -0.05) is 29.3 Å². The summed E-state index contributed by atoms with van der Waals surface area (Å²) in [6, 6.07) is 11.5. The van der Waals surface area contributed by atoms with Crippen molar-refractivity contribution < 1.29 is 13.2 Å². The van der Waals surface area contributed by atoms with Crippen molar-refractivity contribution in [1.29, 1.82) is 0 Å². The second-order valence-corrected chi connectivity index (χ2v) is 9.30. The standard InChI is InChI=1S/C21H19ClN2O3S/c1-14-4-7-16(8-5-14)28(26,27)20-17-12-15(22)6-9-19(17)23-13-18(20)21(25)24-10-2-3-11-24/h4-9,12-13H,2-3,10-11H2,1H3. The summed E-state index contributed by atoms with van der Waals surface area (Å²) in [4.78, 5) is 19.2. The summed E-state index contributed by atoms with van der Waals surface area (Å²) >= 11 is 6.15. The minimum atomic E-state index is -3.95. The largest absolute Gasteiger partial charge is 0.339 e. The lowest BCUT2D eigenvalue weighted by atomic mass is 10.1. The van der Waals surface area contributed by atoms with Gasteiger partial charge in [0.05, 0.1) is 20.9 Å². The zero-order valence-electron chi connectivity index (χ0n) is 15.4. The van der Waals surface area contributed by atoms with E-state index in [4.69, 9.17) is 11.6 Å². The lowest BCUT2D eigenvalue weighted by Gasteiger charge is -2.19. The Morgan fingerprint density at radius 3 is 2.43 bits per heavy atom. The van der Waals surface area contributed by atoms with Gasteiger partial charge in [-0.2, -0.15) is 0 Å². The molecule has 4 rings (SSSR count). The molecule has 2 heterocycles. The highest BCUT2D eigenvalue weighted by atomic mass is 35.5. The highest BCUT2D eigenvalue weighted by molar-refractivity contribution is 7.91. The topological polar surface area (TPSA) is 67.3 Å². The number of rotatable bonds is 3. The number of hydrogen-bond donors (Lipinski definition) is 0. The molecule has 0 N–H and O–H groups in total. The van der Waals surface area contributed by atoms with E-state index in [1.807, 2.05) is 6.92 Å². The molecule has 7 heteroatoms. The predicted octanol–water partition coefficient (Wildman–Crippen LogP) is 4.27. The van der Waals surface area contributed by atoms with Crippen LogP contribution in [0.1, 0.15) is 28.8 Å². The van der Waals surface area contributed by atoms with Crippen LogP contribution in [0.4, 0.5) is 0 Å². The summed E-state index contributed by atoms with van der Waals surface area (Å²) < 4.78 is 27.1. The molecule has 3 aromatic rings. The number of fused-ring (bicyclic) bond motifs is 1. The van der Waals surface area contributed by atoms with Gasteiger partial charge < -0.3 is 4.90 Å². The molecule has 28 heavy (non-hydrogen) atoms. The van der Waals surface area contributed by atoms with Gasteiger partial charge in [-0.15, -0.1) is 0 Å². The van der Waals surface area contributed by atoms with E-state index in [9.17, 15) is 13.2 Å². The van der Waals surface area contributed by atoms with Crippen molar-refractivity contribution in [2.75, 3.05) is 13.1 Å². The Hall–Kier alpha value is -2.44. The molecule has 0 atom stereocenters. The first-order chi connectivity index (χ1) is 13.4. The SMILES string of the molecule is Cc1ccc(S(=O)(=O)c2c(C(=O)N3CCCC3)cnc3ccc(Cl)cc23)cc1. The molecule has 1 aromatic heterocycles. The summed E-state index contributed by atoms with van der Waals surface area (Å²) in [7, 11) is -3.95. The molecular weight excluding hydrogens is 396 g/mol. The van der Waals surface area contributed by atoms with Gasteiger partial charge in [0.2, 0.25) is 9.84 Å². The van der Waals surface area contributed by atoms with Crippen LogP contribution in [0, 0.1) is 6.92 Å². The number of pyridine rings is 1. The fraction of sp³-hybridized carbons (Fsp3) is 0.238. The van der Waals surface area contributed by atoms with Crippen LogP contribution in [-0.2, 0) is 9.84 Å². The lowest BCUT2D eigenvalue weighted by Crippen LogP contribution is -2.29. The molecular formula is C21H19ClN2O3S. The Balaban J connectivity index is 2.00. The van der Waals surface area contributed by atoms with Gasteiger partial charge in [-0.05, 0) is 50.1 Å². The van der Waals surface area contributed by atoms with Crippen LogP contribution in [0.2, 0.25) is 5.02 Å². The lowest BCUT2D eigenvalue weighted by molar-refractivity contribution is 0.0789. The molecule has 0 spiro atoms. The van der Waals surface area contributed by atoms with Crippen molar-refractivity contribution in [3.05, 3.63) is 64.8 Å². The fourth-order valence-electron chi connectivity index (χ4n) is 3.51. The maximum absolute atomic E-state index is 13.6. The molecule has 1 fully saturated rings. The molecule has 1 aliphatic rings. The molecule has 0 saturated carbocycles. The minimum Gasteiger partial charge on any atom is -0.339 e. The van der Waals surface area contributed by atoms with Crippen molar-refractivity contribution in [3.8, 4) is 0 Å². The highest BCUT2D eigenvalue weighted by Crippen LogP contribution is 2.33. The van der Waals surface area contributed by atoms with E-state index in [1.165, 1.54) is 6.20 Å². The average Bonchev–Trinajstić information content (AvgIpc) is 3.21. The first-order valence-electron chi connectivity index (χ1n) is 9.07. The Bertz CT molecular complexity index is 1170. The van der Waals surface area contributed by atoms with Gasteiger partial charge in [-0.25, -0.2) is 8.42 Å². The van der Waals surface area contributed by atoms with Crippen molar-refractivity contribution >= 4 is 38.2 Å². The van der Waals surface area contributed by atoms with Crippen molar-refractivity contribution in [1.82, 2.24) is 9.88 Å².